The van der Waals surface area contributed by atoms with Crippen LogP contribution in [-0.4, -0.2) is 37.5 Å². The Kier molecular flexibility index (Phi) is 4.26. The molecule has 4 rings (SSSR count). The molecule has 25 heavy (non-hydrogen) atoms. The Morgan fingerprint density at radius 3 is 3.04 bits per heavy atom. The first-order valence-electron chi connectivity index (χ1n) is 9.06. The van der Waals surface area contributed by atoms with Crippen molar-refractivity contribution in [3.63, 3.8) is 0 Å². The minimum absolute atomic E-state index is 0.0104. The molecule has 0 radical (unpaired) electrons. The zero-order valence-electron chi connectivity index (χ0n) is 14.5. The molecule has 0 spiro atoms. The summed E-state index contributed by atoms with van der Waals surface area (Å²) in [4.78, 5) is 23.1. The second-order valence-electron chi connectivity index (χ2n) is 6.68. The van der Waals surface area contributed by atoms with Crippen molar-refractivity contribution in [3.8, 4) is 0 Å². The fraction of sp³-hybridized carbons (Fsp3) is 0.421. The van der Waals surface area contributed by atoms with Gasteiger partial charge in [-0.25, -0.2) is 4.98 Å². The maximum Gasteiger partial charge on any atom is 0.274 e. The van der Waals surface area contributed by atoms with E-state index >= 15 is 0 Å². The molecular formula is C19H23N5O. The van der Waals surface area contributed by atoms with E-state index in [0.717, 1.165) is 61.2 Å². The van der Waals surface area contributed by atoms with Crippen LogP contribution in [0.5, 0.6) is 0 Å². The van der Waals surface area contributed by atoms with Crippen LogP contribution in [0.2, 0.25) is 0 Å². The number of aryl methyl sites for hydroxylation is 1. The number of fused-ring (bicyclic) bond motifs is 1. The van der Waals surface area contributed by atoms with Crippen molar-refractivity contribution >= 4 is 16.9 Å². The first-order chi connectivity index (χ1) is 12.3. The fourth-order valence-electron chi connectivity index (χ4n) is 3.60. The summed E-state index contributed by atoms with van der Waals surface area (Å²) in [5.74, 6) is 0.863. The van der Waals surface area contributed by atoms with E-state index in [-0.39, 0.29) is 11.9 Å². The molecule has 2 N–H and O–H groups in total. The third-order valence-electron chi connectivity index (χ3n) is 4.86. The average molecular weight is 337 g/mol. The molecule has 130 valence electrons. The minimum atomic E-state index is -0.0139. The monoisotopic (exact) mass is 337 g/mol. The molecule has 1 aliphatic heterocycles. The van der Waals surface area contributed by atoms with Crippen LogP contribution in [-0.2, 0) is 6.42 Å². The van der Waals surface area contributed by atoms with Crippen molar-refractivity contribution in [2.24, 2.45) is 0 Å². The third kappa shape index (κ3) is 3.04. The molecule has 6 nitrogen and oxygen atoms in total. The first-order valence-corrected chi connectivity index (χ1v) is 9.06. The van der Waals surface area contributed by atoms with Crippen LogP contribution in [0.25, 0.3) is 11.0 Å². The molecule has 0 bridgehead atoms. The predicted molar refractivity (Wildman–Crippen MR) is 96.3 cm³/mol. The summed E-state index contributed by atoms with van der Waals surface area (Å²) >= 11 is 0. The molecule has 0 aliphatic carbocycles. The SMILES string of the molecule is CCCc1cc(C(=O)N2CCCC[C@H]2c2nc3ccccc3[nH]2)n[nH]1. The van der Waals surface area contributed by atoms with Gasteiger partial charge in [0.1, 0.15) is 11.5 Å². The Morgan fingerprint density at radius 1 is 1.32 bits per heavy atom. The van der Waals surface area contributed by atoms with Gasteiger partial charge in [0, 0.05) is 12.2 Å². The van der Waals surface area contributed by atoms with E-state index in [4.69, 9.17) is 4.98 Å². The number of carbonyl (C=O) groups excluding carboxylic acids is 1. The number of aromatic nitrogens is 4. The number of likely N-dealkylation sites (tertiary alicyclic amines) is 1. The van der Waals surface area contributed by atoms with E-state index in [1.807, 2.05) is 35.2 Å². The summed E-state index contributed by atoms with van der Waals surface area (Å²) in [5, 5.41) is 7.22. The number of aromatic amines is 2. The minimum Gasteiger partial charge on any atom is -0.340 e. The number of nitrogens with zero attached hydrogens (tertiary/aromatic N) is 3. The van der Waals surface area contributed by atoms with Gasteiger partial charge in [0.05, 0.1) is 17.1 Å². The highest BCUT2D eigenvalue weighted by Gasteiger charge is 2.31. The van der Waals surface area contributed by atoms with Crippen LogP contribution in [0.15, 0.2) is 30.3 Å². The summed E-state index contributed by atoms with van der Waals surface area (Å²) in [7, 11) is 0. The largest absolute Gasteiger partial charge is 0.340 e. The number of rotatable bonds is 4. The molecule has 1 fully saturated rings. The van der Waals surface area contributed by atoms with E-state index in [0.29, 0.717) is 5.69 Å². The highest BCUT2D eigenvalue weighted by molar-refractivity contribution is 5.92. The maximum atomic E-state index is 13.0. The summed E-state index contributed by atoms with van der Waals surface area (Å²) in [6, 6.07) is 9.86. The van der Waals surface area contributed by atoms with Crippen LogP contribution in [0.1, 0.15) is 60.7 Å². The zero-order valence-corrected chi connectivity index (χ0v) is 14.5. The van der Waals surface area contributed by atoms with Gasteiger partial charge in [-0.05, 0) is 43.9 Å². The van der Waals surface area contributed by atoms with Gasteiger partial charge < -0.3 is 9.88 Å². The van der Waals surface area contributed by atoms with Gasteiger partial charge in [-0.15, -0.1) is 0 Å². The molecule has 2 aromatic heterocycles. The molecule has 1 aliphatic rings. The zero-order chi connectivity index (χ0) is 17.2. The lowest BCUT2D eigenvalue weighted by Gasteiger charge is -2.34. The van der Waals surface area contributed by atoms with Gasteiger partial charge in [0.15, 0.2) is 0 Å². The third-order valence-corrected chi connectivity index (χ3v) is 4.86. The van der Waals surface area contributed by atoms with Gasteiger partial charge in [-0.3, -0.25) is 9.89 Å². The van der Waals surface area contributed by atoms with Gasteiger partial charge in [0.2, 0.25) is 0 Å². The molecule has 0 saturated carbocycles. The molecule has 0 unspecified atom stereocenters. The highest BCUT2D eigenvalue weighted by Crippen LogP contribution is 2.31. The van der Waals surface area contributed by atoms with Gasteiger partial charge in [-0.1, -0.05) is 25.5 Å². The van der Waals surface area contributed by atoms with Crippen molar-refractivity contribution in [1.29, 1.82) is 0 Å². The van der Waals surface area contributed by atoms with Crippen molar-refractivity contribution < 1.29 is 4.79 Å². The molecule has 1 amide bonds. The van der Waals surface area contributed by atoms with E-state index in [9.17, 15) is 4.79 Å². The molecule has 1 atom stereocenters. The predicted octanol–water partition coefficient (Wildman–Crippen LogP) is 3.61. The first kappa shape index (κ1) is 15.9. The van der Waals surface area contributed by atoms with E-state index in [1.165, 1.54) is 0 Å². The molecule has 3 aromatic rings. The lowest BCUT2D eigenvalue weighted by molar-refractivity contribution is 0.0595. The van der Waals surface area contributed by atoms with Crippen LogP contribution in [0.4, 0.5) is 0 Å². The summed E-state index contributed by atoms with van der Waals surface area (Å²) in [6.45, 7) is 2.86. The molecule has 1 saturated heterocycles. The quantitative estimate of drug-likeness (QED) is 0.763. The van der Waals surface area contributed by atoms with Crippen LogP contribution in [0, 0.1) is 0 Å². The maximum absolute atomic E-state index is 13.0. The van der Waals surface area contributed by atoms with Crippen LogP contribution < -0.4 is 0 Å². The van der Waals surface area contributed by atoms with Crippen molar-refractivity contribution in [3.05, 3.63) is 47.5 Å². The summed E-state index contributed by atoms with van der Waals surface area (Å²) < 4.78 is 0. The molecule has 3 heterocycles. The number of para-hydroxylation sites is 2. The number of imidazole rings is 1. The Hall–Kier alpha value is -2.63. The van der Waals surface area contributed by atoms with E-state index in [2.05, 4.69) is 22.1 Å². The number of carbonyl (C=O) groups is 1. The van der Waals surface area contributed by atoms with Crippen LogP contribution >= 0.6 is 0 Å². The number of H-pyrrole nitrogens is 2. The summed E-state index contributed by atoms with van der Waals surface area (Å²) in [5.41, 5.74) is 3.48. The average Bonchev–Trinajstić information content (AvgIpc) is 3.28. The number of hydrogen-bond donors (Lipinski definition) is 2. The second-order valence-corrected chi connectivity index (χ2v) is 6.68. The lowest BCUT2D eigenvalue weighted by atomic mass is 10.0. The molecule has 6 heteroatoms. The van der Waals surface area contributed by atoms with Gasteiger partial charge in [-0.2, -0.15) is 5.10 Å². The molecular weight excluding hydrogens is 314 g/mol. The smallest absolute Gasteiger partial charge is 0.274 e. The van der Waals surface area contributed by atoms with Crippen molar-refractivity contribution in [2.45, 2.75) is 45.1 Å². The number of amides is 1. The molecule has 1 aromatic carbocycles. The topological polar surface area (TPSA) is 77.7 Å². The Bertz CT molecular complexity index is 848. The standard InChI is InChI=1S/C19H23N5O/c1-2-7-13-12-16(23-22-13)19(25)24-11-6-5-10-17(24)18-20-14-8-3-4-9-15(14)21-18/h3-4,8-9,12,17H,2,5-7,10-11H2,1H3,(H,20,21)(H,22,23)/t17-/m0/s1. The van der Waals surface area contributed by atoms with Gasteiger partial charge >= 0.3 is 0 Å². The normalized spacial score (nSPS) is 18.0. The van der Waals surface area contributed by atoms with E-state index in [1.54, 1.807) is 0 Å². The van der Waals surface area contributed by atoms with Crippen LogP contribution in [0.3, 0.4) is 0 Å². The number of piperidine rings is 1. The number of benzene rings is 1. The highest BCUT2D eigenvalue weighted by atomic mass is 16.2. The van der Waals surface area contributed by atoms with Gasteiger partial charge in [0.25, 0.3) is 5.91 Å². The second kappa shape index (κ2) is 6.70. The lowest BCUT2D eigenvalue weighted by Crippen LogP contribution is -2.39. The van der Waals surface area contributed by atoms with Crippen molar-refractivity contribution in [1.82, 2.24) is 25.1 Å². The Labute approximate surface area is 146 Å². The Morgan fingerprint density at radius 2 is 2.20 bits per heavy atom. The fourth-order valence-corrected chi connectivity index (χ4v) is 3.60. The Balaban J connectivity index is 1.62. The van der Waals surface area contributed by atoms with E-state index < -0.39 is 0 Å². The number of hydrogen-bond acceptors (Lipinski definition) is 3. The summed E-state index contributed by atoms with van der Waals surface area (Å²) in [6.07, 6.45) is 4.99. The number of nitrogens with one attached hydrogen (secondary N) is 2. The van der Waals surface area contributed by atoms with Crippen molar-refractivity contribution in [2.75, 3.05) is 6.54 Å².